The molecule has 1 heterocycles. The third-order valence-corrected chi connectivity index (χ3v) is 4.60. The first-order chi connectivity index (χ1) is 10.1. The Morgan fingerprint density at radius 1 is 1.29 bits per heavy atom. The molecule has 0 aromatic heterocycles. The minimum atomic E-state index is 0.164. The second kappa shape index (κ2) is 5.68. The number of anilines is 1. The number of rotatable bonds is 4. The highest BCUT2D eigenvalue weighted by molar-refractivity contribution is 5.95. The van der Waals surface area contributed by atoms with Crippen molar-refractivity contribution in [3.05, 3.63) is 24.3 Å². The van der Waals surface area contributed by atoms with Crippen LogP contribution in [0.2, 0.25) is 0 Å². The first-order valence-electron chi connectivity index (χ1n) is 7.87. The molecular weight excluding hydrogens is 264 g/mol. The van der Waals surface area contributed by atoms with Gasteiger partial charge in [0.15, 0.2) is 0 Å². The van der Waals surface area contributed by atoms with Crippen molar-refractivity contribution in [2.75, 3.05) is 18.4 Å². The van der Waals surface area contributed by atoms with Gasteiger partial charge in [-0.2, -0.15) is 0 Å². The van der Waals surface area contributed by atoms with Crippen molar-refractivity contribution >= 4 is 11.6 Å². The number of amides is 1. The molecule has 0 unspecified atom stereocenters. The monoisotopic (exact) mass is 288 g/mol. The maximum Gasteiger partial charge on any atom is 0.228 e. The molecule has 2 aliphatic rings. The average Bonchev–Trinajstić information content (AvgIpc) is 3.15. The van der Waals surface area contributed by atoms with Gasteiger partial charge in [-0.05, 0) is 75.9 Å². The van der Waals surface area contributed by atoms with Crippen LogP contribution in [0.3, 0.4) is 0 Å². The number of hydrogen-bond donors (Lipinski definition) is 2. The number of carbonyl (C=O) groups excluding carboxylic acids is 1. The summed E-state index contributed by atoms with van der Waals surface area (Å²) >= 11 is 0. The van der Waals surface area contributed by atoms with Crippen LogP contribution in [-0.4, -0.2) is 25.1 Å². The lowest BCUT2D eigenvalue weighted by Gasteiger charge is -2.23. The summed E-state index contributed by atoms with van der Waals surface area (Å²) in [6.07, 6.45) is 3.48. The zero-order chi connectivity index (χ0) is 14.9. The van der Waals surface area contributed by atoms with Gasteiger partial charge in [0.25, 0.3) is 0 Å². The Balaban J connectivity index is 1.56. The maximum absolute atomic E-state index is 12.3. The molecule has 4 heteroatoms. The van der Waals surface area contributed by atoms with Crippen molar-refractivity contribution in [2.24, 2.45) is 11.3 Å². The van der Waals surface area contributed by atoms with Crippen LogP contribution in [0.4, 0.5) is 5.69 Å². The van der Waals surface area contributed by atoms with Crippen molar-refractivity contribution in [3.63, 3.8) is 0 Å². The first kappa shape index (κ1) is 14.4. The van der Waals surface area contributed by atoms with Crippen LogP contribution < -0.4 is 15.4 Å². The molecule has 1 aromatic rings. The molecule has 0 bridgehead atoms. The smallest absolute Gasteiger partial charge is 0.228 e. The van der Waals surface area contributed by atoms with Crippen LogP contribution in [0.1, 0.15) is 33.1 Å². The van der Waals surface area contributed by atoms with E-state index in [0.29, 0.717) is 0 Å². The number of piperidine rings is 1. The number of benzene rings is 1. The Labute approximate surface area is 126 Å². The van der Waals surface area contributed by atoms with Gasteiger partial charge in [0.05, 0.1) is 6.10 Å². The van der Waals surface area contributed by atoms with E-state index in [1.165, 1.54) is 0 Å². The third-order valence-electron chi connectivity index (χ3n) is 4.60. The average molecular weight is 288 g/mol. The summed E-state index contributed by atoms with van der Waals surface area (Å²) in [6, 6.07) is 7.63. The van der Waals surface area contributed by atoms with E-state index in [-0.39, 0.29) is 23.3 Å². The molecule has 1 aliphatic heterocycles. The minimum Gasteiger partial charge on any atom is -0.491 e. The molecule has 3 rings (SSSR count). The summed E-state index contributed by atoms with van der Waals surface area (Å²) in [5.74, 6) is 1.21. The second-order valence-corrected chi connectivity index (χ2v) is 6.55. The Kier molecular flexibility index (Phi) is 3.89. The lowest BCUT2D eigenvalue weighted by molar-refractivity contribution is -0.118. The summed E-state index contributed by atoms with van der Waals surface area (Å²) in [4.78, 5) is 12.3. The first-order valence-corrected chi connectivity index (χ1v) is 7.87. The molecule has 1 amide bonds. The van der Waals surface area contributed by atoms with E-state index in [4.69, 9.17) is 4.74 Å². The van der Waals surface area contributed by atoms with E-state index in [2.05, 4.69) is 10.6 Å². The van der Waals surface area contributed by atoms with E-state index in [9.17, 15) is 4.79 Å². The van der Waals surface area contributed by atoms with Crippen molar-refractivity contribution in [2.45, 2.75) is 39.2 Å². The van der Waals surface area contributed by atoms with Crippen molar-refractivity contribution in [1.82, 2.24) is 5.32 Å². The molecule has 2 fully saturated rings. The topological polar surface area (TPSA) is 50.4 Å². The summed E-state index contributed by atoms with van der Waals surface area (Å²) < 4.78 is 5.60. The van der Waals surface area contributed by atoms with Gasteiger partial charge in [-0.15, -0.1) is 0 Å². The molecule has 2 N–H and O–H groups in total. The van der Waals surface area contributed by atoms with Gasteiger partial charge in [0.1, 0.15) is 5.75 Å². The predicted octanol–water partition coefficient (Wildman–Crippen LogP) is 2.80. The number of ether oxygens (including phenoxy) is 1. The third kappa shape index (κ3) is 3.21. The van der Waals surface area contributed by atoms with Crippen LogP contribution in [0.25, 0.3) is 0 Å². The molecule has 0 radical (unpaired) electrons. The lowest BCUT2D eigenvalue weighted by atomic mass is 9.92. The van der Waals surface area contributed by atoms with Crippen LogP contribution in [0, 0.1) is 11.3 Å². The minimum absolute atomic E-state index is 0.164. The van der Waals surface area contributed by atoms with E-state index >= 15 is 0 Å². The molecule has 4 nitrogen and oxygen atoms in total. The predicted molar refractivity (Wildman–Crippen MR) is 83.5 cm³/mol. The summed E-state index contributed by atoms with van der Waals surface area (Å²) in [6.45, 7) is 6.10. The second-order valence-electron chi connectivity index (χ2n) is 6.55. The zero-order valence-corrected chi connectivity index (χ0v) is 12.8. The Morgan fingerprint density at radius 3 is 2.57 bits per heavy atom. The normalized spacial score (nSPS) is 23.1. The van der Waals surface area contributed by atoms with Gasteiger partial charge in [-0.25, -0.2) is 0 Å². The molecule has 1 aliphatic carbocycles. The highest BCUT2D eigenvalue weighted by Crippen LogP contribution is 2.58. The largest absolute Gasteiger partial charge is 0.491 e. The molecule has 1 spiro atoms. The fourth-order valence-corrected chi connectivity index (χ4v) is 3.31. The standard InChI is InChI=1S/C17H24N2O2/c1-12(2)21-14-5-3-13(4-6-14)19-16(20)15-11-17(15)7-9-18-10-8-17/h3-6,12,15,18H,7-11H2,1-2H3,(H,19,20)/t15-/m0/s1. The summed E-state index contributed by atoms with van der Waals surface area (Å²) in [5.41, 5.74) is 1.14. The van der Waals surface area contributed by atoms with Gasteiger partial charge in [-0.1, -0.05) is 0 Å². The SMILES string of the molecule is CC(C)Oc1ccc(NC(=O)[C@@H]2CC23CCNCC3)cc1. The van der Waals surface area contributed by atoms with Gasteiger partial charge in [-0.3, -0.25) is 4.79 Å². The molecule has 21 heavy (non-hydrogen) atoms. The van der Waals surface area contributed by atoms with Crippen LogP contribution >= 0.6 is 0 Å². The zero-order valence-electron chi connectivity index (χ0n) is 12.8. The summed E-state index contributed by atoms with van der Waals surface area (Å²) in [5, 5.41) is 6.41. The van der Waals surface area contributed by atoms with E-state index < -0.39 is 0 Å². The van der Waals surface area contributed by atoms with Crippen LogP contribution in [0.5, 0.6) is 5.75 Å². The fraction of sp³-hybridized carbons (Fsp3) is 0.588. The van der Waals surface area contributed by atoms with E-state index in [1.807, 2.05) is 38.1 Å². The fourth-order valence-electron chi connectivity index (χ4n) is 3.31. The molecule has 1 saturated heterocycles. The molecule has 1 saturated carbocycles. The van der Waals surface area contributed by atoms with E-state index in [0.717, 1.165) is 43.8 Å². The van der Waals surface area contributed by atoms with Crippen molar-refractivity contribution < 1.29 is 9.53 Å². The van der Waals surface area contributed by atoms with Gasteiger partial charge in [0, 0.05) is 11.6 Å². The highest BCUT2D eigenvalue weighted by atomic mass is 16.5. The molecule has 114 valence electrons. The van der Waals surface area contributed by atoms with Crippen molar-refractivity contribution in [3.8, 4) is 5.75 Å². The Morgan fingerprint density at radius 2 is 1.95 bits per heavy atom. The number of carbonyl (C=O) groups is 1. The number of hydrogen-bond acceptors (Lipinski definition) is 3. The Hall–Kier alpha value is -1.55. The molecular formula is C17H24N2O2. The van der Waals surface area contributed by atoms with Crippen LogP contribution in [-0.2, 0) is 4.79 Å². The van der Waals surface area contributed by atoms with Gasteiger partial charge < -0.3 is 15.4 Å². The maximum atomic E-state index is 12.3. The Bertz CT molecular complexity index is 504. The van der Waals surface area contributed by atoms with E-state index in [1.54, 1.807) is 0 Å². The summed E-state index contributed by atoms with van der Waals surface area (Å²) in [7, 11) is 0. The van der Waals surface area contributed by atoms with Crippen LogP contribution in [0.15, 0.2) is 24.3 Å². The van der Waals surface area contributed by atoms with Crippen molar-refractivity contribution in [1.29, 1.82) is 0 Å². The molecule has 1 atom stereocenters. The molecule has 1 aromatic carbocycles. The lowest BCUT2D eigenvalue weighted by Crippen LogP contribution is -2.31. The van der Waals surface area contributed by atoms with Gasteiger partial charge in [0.2, 0.25) is 5.91 Å². The quantitative estimate of drug-likeness (QED) is 0.895. The number of nitrogens with one attached hydrogen (secondary N) is 2. The van der Waals surface area contributed by atoms with Gasteiger partial charge >= 0.3 is 0 Å². The highest BCUT2D eigenvalue weighted by Gasteiger charge is 2.57.